The van der Waals surface area contributed by atoms with E-state index in [-0.39, 0.29) is 17.9 Å². The van der Waals surface area contributed by atoms with Crippen molar-refractivity contribution in [1.29, 1.82) is 0 Å². The van der Waals surface area contributed by atoms with E-state index in [2.05, 4.69) is 0 Å². The predicted molar refractivity (Wildman–Crippen MR) is 79.2 cm³/mol. The molecule has 104 valence electrons. The molecular formula is C14H9Cl3O3. The highest BCUT2D eigenvalue weighted by Gasteiger charge is 2.12. The molecule has 0 aliphatic rings. The number of carbonyl (C=O) groups is 1. The van der Waals surface area contributed by atoms with Gasteiger partial charge >= 0.3 is 5.97 Å². The Morgan fingerprint density at radius 1 is 1.05 bits per heavy atom. The van der Waals surface area contributed by atoms with E-state index in [0.29, 0.717) is 20.6 Å². The molecule has 3 nitrogen and oxygen atoms in total. The summed E-state index contributed by atoms with van der Waals surface area (Å²) < 4.78 is 5.49. The third-order valence-corrected chi connectivity index (χ3v) is 3.39. The second-order valence-corrected chi connectivity index (χ2v) is 5.25. The Kier molecular flexibility index (Phi) is 4.76. The summed E-state index contributed by atoms with van der Waals surface area (Å²) in [5.41, 5.74) is 0.713. The summed E-state index contributed by atoms with van der Waals surface area (Å²) >= 11 is 17.6. The number of aromatic carboxylic acids is 1. The van der Waals surface area contributed by atoms with Crippen LogP contribution >= 0.6 is 34.8 Å². The molecule has 0 amide bonds. The lowest BCUT2D eigenvalue weighted by atomic mass is 10.2. The number of rotatable bonds is 4. The summed E-state index contributed by atoms with van der Waals surface area (Å²) in [7, 11) is 0. The lowest BCUT2D eigenvalue weighted by molar-refractivity contribution is 0.0692. The van der Waals surface area contributed by atoms with E-state index < -0.39 is 5.97 Å². The first-order valence-electron chi connectivity index (χ1n) is 5.57. The van der Waals surface area contributed by atoms with Gasteiger partial charge in [-0.1, -0.05) is 40.9 Å². The molecule has 0 saturated heterocycles. The van der Waals surface area contributed by atoms with E-state index in [1.165, 1.54) is 12.1 Å². The van der Waals surface area contributed by atoms with Crippen LogP contribution in [-0.2, 0) is 6.61 Å². The Hall–Kier alpha value is -1.42. The molecule has 0 aliphatic carbocycles. The average Bonchev–Trinajstić information content (AvgIpc) is 2.38. The van der Waals surface area contributed by atoms with Crippen LogP contribution in [0.5, 0.6) is 5.75 Å². The van der Waals surface area contributed by atoms with Crippen LogP contribution in [0.1, 0.15) is 15.9 Å². The van der Waals surface area contributed by atoms with Crippen LogP contribution < -0.4 is 4.74 Å². The fourth-order valence-electron chi connectivity index (χ4n) is 1.59. The minimum Gasteiger partial charge on any atom is -0.488 e. The van der Waals surface area contributed by atoms with Gasteiger partial charge in [-0.3, -0.25) is 0 Å². The van der Waals surface area contributed by atoms with Crippen molar-refractivity contribution in [2.45, 2.75) is 6.61 Å². The fraction of sp³-hybridized carbons (Fsp3) is 0.0714. The van der Waals surface area contributed by atoms with Gasteiger partial charge in [-0.05, 0) is 30.3 Å². The topological polar surface area (TPSA) is 46.5 Å². The Morgan fingerprint density at radius 3 is 2.35 bits per heavy atom. The van der Waals surface area contributed by atoms with Gasteiger partial charge in [0, 0.05) is 20.6 Å². The molecule has 1 N–H and O–H groups in total. The number of hydrogen-bond donors (Lipinski definition) is 1. The predicted octanol–water partition coefficient (Wildman–Crippen LogP) is 4.92. The van der Waals surface area contributed by atoms with E-state index in [0.717, 1.165) is 0 Å². The molecule has 20 heavy (non-hydrogen) atoms. The molecule has 0 unspecified atom stereocenters. The van der Waals surface area contributed by atoms with Crippen LogP contribution in [0.4, 0.5) is 0 Å². The molecule has 0 fully saturated rings. The molecule has 0 aromatic heterocycles. The summed E-state index contributed by atoms with van der Waals surface area (Å²) in [5.74, 6) is -0.877. The van der Waals surface area contributed by atoms with Crippen molar-refractivity contribution in [3.63, 3.8) is 0 Å². The normalized spacial score (nSPS) is 10.3. The van der Waals surface area contributed by atoms with Crippen molar-refractivity contribution in [2.75, 3.05) is 0 Å². The number of benzene rings is 2. The van der Waals surface area contributed by atoms with Gasteiger partial charge < -0.3 is 9.84 Å². The van der Waals surface area contributed by atoms with Gasteiger partial charge in [0.25, 0.3) is 0 Å². The van der Waals surface area contributed by atoms with Gasteiger partial charge in [0.1, 0.15) is 17.9 Å². The van der Waals surface area contributed by atoms with E-state index in [1.54, 1.807) is 24.3 Å². The molecule has 0 bridgehead atoms. The SMILES string of the molecule is O=C(O)c1cc(Cl)ccc1OCc1ccc(Cl)cc1Cl. The second kappa shape index (κ2) is 6.35. The number of carboxylic acid groups (broad SMARTS) is 1. The molecular weight excluding hydrogens is 323 g/mol. The maximum atomic E-state index is 11.1. The zero-order chi connectivity index (χ0) is 14.7. The first-order valence-corrected chi connectivity index (χ1v) is 6.70. The third kappa shape index (κ3) is 3.57. The molecule has 6 heteroatoms. The molecule has 2 rings (SSSR count). The van der Waals surface area contributed by atoms with Crippen LogP contribution in [0.2, 0.25) is 15.1 Å². The molecule has 0 heterocycles. The molecule has 2 aromatic rings. The standard InChI is InChI=1S/C14H9Cl3O3/c15-9-3-4-13(11(5-9)14(18)19)20-7-8-1-2-10(16)6-12(8)17/h1-6H,7H2,(H,18,19). The highest BCUT2D eigenvalue weighted by atomic mass is 35.5. The Labute approximate surface area is 130 Å². The van der Waals surface area contributed by atoms with Crippen molar-refractivity contribution in [1.82, 2.24) is 0 Å². The zero-order valence-electron chi connectivity index (χ0n) is 10.1. The zero-order valence-corrected chi connectivity index (χ0v) is 12.3. The number of ether oxygens (including phenoxy) is 1. The van der Waals surface area contributed by atoms with E-state index in [1.807, 2.05) is 0 Å². The minimum absolute atomic E-state index is 0.00239. The summed E-state index contributed by atoms with van der Waals surface area (Å²) in [5, 5.41) is 10.4. The van der Waals surface area contributed by atoms with Crippen molar-refractivity contribution >= 4 is 40.8 Å². The number of hydrogen-bond acceptors (Lipinski definition) is 2. The Morgan fingerprint density at radius 2 is 1.70 bits per heavy atom. The highest BCUT2D eigenvalue weighted by Crippen LogP contribution is 2.26. The van der Waals surface area contributed by atoms with Gasteiger partial charge in [0.2, 0.25) is 0 Å². The summed E-state index contributed by atoms with van der Waals surface area (Å²) in [4.78, 5) is 11.1. The Bertz CT molecular complexity index is 656. The lowest BCUT2D eigenvalue weighted by Crippen LogP contribution is -2.03. The van der Waals surface area contributed by atoms with Crippen molar-refractivity contribution in [3.05, 3.63) is 62.6 Å². The molecule has 0 radical (unpaired) electrons. The molecule has 0 aliphatic heterocycles. The van der Waals surface area contributed by atoms with Gasteiger partial charge in [0.05, 0.1) is 0 Å². The van der Waals surface area contributed by atoms with Crippen LogP contribution in [0.3, 0.4) is 0 Å². The summed E-state index contributed by atoms with van der Waals surface area (Å²) in [6, 6.07) is 9.42. The van der Waals surface area contributed by atoms with Crippen LogP contribution in [0.15, 0.2) is 36.4 Å². The third-order valence-electron chi connectivity index (χ3n) is 2.57. The van der Waals surface area contributed by atoms with E-state index in [9.17, 15) is 4.79 Å². The van der Waals surface area contributed by atoms with Crippen molar-refractivity contribution in [3.8, 4) is 5.75 Å². The fourth-order valence-corrected chi connectivity index (χ4v) is 2.22. The summed E-state index contributed by atoms with van der Waals surface area (Å²) in [6.07, 6.45) is 0. The minimum atomic E-state index is -1.11. The highest BCUT2D eigenvalue weighted by molar-refractivity contribution is 6.35. The molecule has 0 spiro atoms. The monoisotopic (exact) mass is 330 g/mol. The van der Waals surface area contributed by atoms with Gasteiger partial charge in [-0.15, -0.1) is 0 Å². The van der Waals surface area contributed by atoms with E-state index in [4.69, 9.17) is 44.6 Å². The molecule has 0 atom stereocenters. The largest absolute Gasteiger partial charge is 0.488 e. The summed E-state index contributed by atoms with van der Waals surface area (Å²) in [6.45, 7) is 0.137. The first kappa shape index (κ1) is 15.0. The lowest BCUT2D eigenvalue weighted by Gasteiger charge is -2.10. The maximum absolute atomic E-state index is 11.1. The average molecular weight is 332 g/mol. The van der Waals surface area contributed by atoms with Crippen molar-refractivity contribution in [2.24, 2.45) is 0 Å². The number of carboxylic acids is 1. The smallest absolute Gasteiger partial charge is 0.339 e. The second-order valence-electron chi connectivity index (χ2n) is 3.97. The first-order chi connectivity index (χ1) is 9.47. The van der Waals surface area contributed by atoms with Gasteiger partial charge in [-0.2, -0.15) is 0 Å². The van der Waals surface area contributed by atoms with Gasteiger partial charge in [0.15, 0.2) is 0 Å². The van der Waals surface area contributed by atoms with Gasteiger partial charge in [-0.25, -0.2) is 4.79 Å². The number of halogens is 3. The quantitative estimate of drug-likeness (QED) is 0.864. The van der Waals surface area contributed by atoms with Crippen LogP contribution in [0.25, 0.3) is 0 Å². The van der Waals surface area contributed by atoms with Crippen LogP contribution in [0, 0.1) is 0 Å². The van der Waals surface area contributed by atoms with E-state index >= 15 is 0 Å². The molecule has 2 aromatic carbocycles. The maximum Gasteiger partial charge on any atom is 0.339 e. The van der Waals surface area contributed by atoms with Crippen molar-refractivity contribution < 1.29 is 14.6 Å². The Balaban J connectivity index is 2.20. The molecule has 0 saturated carbocycles. The van der Waals surface area contributed by atoms with Crippen LogP contribution in [-0.4, -0.2) is 11.1 Å².